The molecule has 0 aliphatic heterocycles. The van der Waals surface area contributed by atoms with Crippen molar-refractivity contribution in [1.82, 2.24) is 5.32 Å². The average molecular weight is 478 g/mol. The molecule has 0 aromatic carbocycles. The maximum Gasteiger partial charge on any atom is 0.328 e. The van der Waals surface area contributed by atoms with Crippen molar-refractivity contribution in [3.63, 3.8) is 0 Å². The molecule has 0 radical (unpaired) electrons. The number of carbonyl (C=O) groups is 2. The zero-order chi connectivity index (χ0) is 24.8. The highest BCUT2D eigenvalue weighted by molar-refractivity contribution is 5.84. The van der Waals surface area contributed by atoms with Gasteiger partial charge in [-0.2, -0.15) is 0 Å². The summed E-state index contributed by atoms with van der Waals surface area (Å²) in [6, 6.07) is -0.615. The number of fused-ring (bicyclic) bond motifs is 5. The third-order valence-corrected chi connectivity index (χ3v) is 11.2. The van der Waals surface area contributed by atoms with Gasteiger partial charge in [-0.1, -0.05) is 20.8 Å². The Morgan fingerprint density at radius 3 is 2.38 bits per heavy atom. The number of aliphatic hydroxyl groups is 2. The molecule has 4 aliphatic rings. The van der Waals surface area contributed by atoms with Gasteiger partial charge in [0.15, 0.2) is 0 Å². The standard InChI is InChI=1S/C28H47NO5/c1-16(6-9-24(32)29-17(2)26(33)34-5)20-7-8-21-25-22(11-13-28(20,21)4)27(3)12-10-19(30)14-18(27)15-23(25)31/h16-23,25,30-31H,6-15H2,1-5H3,(H,29,32). The molecule has 4 rings (SSSR count). The van der Waals surface area contributed by atoms with E-state index in [0.29, 0.717) is 41.9 Å². The van der Waals surface area contributed by atoms with Crippen LogP contribution in [0.15, 0.2) is 0 Å². The molecule has 11 unspecified atom stereocenters. The van der Waals surface area contributed by atoms with Gasteiger partial charge in [-0.05, 0) is 111 Å². The topological polar surface area (TPSA) is 95.9 Å². The lowest BCUT2D eigenvalue weighted by molar-refractivity contribution is -0.174. The number of amides is 1. The summed E-state index contributed by atoms with van der Waals surface area (Å²) in [4.78, 5) is 24.0. The Kier molecular flexibility index (Phi) is 7.42. The van der Waals surface area contributed by atoms with Gasteiger partial charge in [-0.15, -0.1) is 0 Å². The third-order valence-electron chi connectivity index (χ3n) is 11.2. The van der Waals surface area contributed by atoms with Gasteiger partial charge in [0.2, 0.25) is 5.91 Å². The van der Waals surface area contributed by atoms with Crippen LogP contribution in [0.4, 0.5) is 0 Å². The predicted octanol–water partition coefficient (Wildman–Crippen LogP) is 4.07. The SMILES string of the molecule is COC(=O)C(C)NC(=O)CCC(C)C1CCC2C3C(O)CC4CC(O)CCC4(C)C3CCC12C. The van der Waals surface area contributed by atoms with E-state index in [4.69, 9.17) is 4.74 Å². The van der Waals surface area contributed by atoms with E-state index < -0.39 is 12.0 Å². The van der Waals surface area contributed by atoms with Gasteiger partial charge in [0, 0.05) is 6.42 Å². The Bertz CT molecular complexity index is 772. The fourth-order valence-corrected chi connectivity index (χ4v) is 9.28. The molecule has 0 spiro atoms. The number of hydrogen-bond donors (Lipinski definition) is 3. The van der Waals surface area contributed by atoms with E-state index in [0.717, 1.165) is 32.1 Å². The number of carbonyl (C=O) groups excluding carboxylic acids is 2. The highest BCUT2D eigenvalue weighted by atomic mass is 16.5. The predicted molar refractivity (Wildman–Crippen MR) is 131 cm³/mol. The number of hydrogen-bond acceptors (Lipinski definition) is 5. The molecular weight excluding hydrogens is 430 g/mol. The lowest BCUT2D eigenvalue weighted by Crippen LogP contribution is -2.58. The zero-order valence-corrected chi connectivity index (χ0v) is 21.9. The quantitative estimate of drug-likeness (QED) is 0.501. The van der Waals surface area contributed by atoms with Crippen molar-refractivity contribution in [2.45, 2.75) is 110 Å². The van der Waals surface area contributed by atoms with Crippen LogP contribution >= 0.6 is 0 Å². The summed E-state index contributed by atoms with van der Waals surface area (Å²) in [5.74, 6) is 2.41. The number of nitrogens with one attached hydrogen (secondary N) is 1. The summed E-state index contributed by atoms with van der Waals surface area (Å²) in [7, 11) is 1.33. The van der Waals surface area contributed by atoms with Gasteiger partial charge in [0.25, 0.3) is 0 Å². The lowest BCUT2D eigenvalue weighted by atomic mass is 9.43. The highest BCUT2D eigenvalue weighted by Gasteiger charge is 2.62. The molecule has 6 nitrogen and oxygen atoms in total. The van der Waals surface area contributed by atoms with Crippen LogP contribution in [-0.4, -0.2) is 47.4 Å². The van der Waals surface area contributed by atoms with Gasteiger partial charge in [-0.3, -0.25) is 4.79 Å². The number of ether oxygens (including phenoxy) is 1. The van der Waals surface area contributed by atoms with Gasteiger partial charge >= 0.3 is 5.97 Å². The molecule has 3 N–H and O–H groups in total. The van der Waals surface area contributed by atoms with Crippen molar-refractivity contribution in [2.75, 3.05) is 7.11 Å². The molecule has 0 saturated heterocycles. The lowest BCUT2D eigenvalue weighted by Gasteiger charge is -2.62. The van der Waals surface area contributed by atoms with E-state index in [9.17, 15) is 19.8 Å². The minimum Gasteiger partial charge on any atom is -0.467 e. The minimum atomic E-state index is -0.615. The van der Waals surface area contributed by atoms with Crippen LogP contribution in [0, 0.1) is 46.3 Å². The molecule has 0 aromatic heterocycles. The van der Waals surface area contributed by atoms with Crippen LogP contribution in [0.3, 0.4) is 0 Å². The normalized spacial score (nSPS) is 45.3. The van der Waals surface area contributed by atoms with E-state index in [1.807, 2.05) is 0 Å². The summed E-state index contributed by atoms with van der Waals surface area (Å²) in [6.07, 6.45) is 9.25. The molecule has 11 atom stereocenters. The second kappa shape index (κ2) is 9.72. The van der Waals surface area contributed by atoms with Gasteiger partial charge in [-0.25, -0.2) is 4.79 Å². The first-order chi connectivity index (χ1) is 16.0. The molecule has 34 heavy (non-hydrogen) atoms. The number of aliphatic hydroxyl groups excluding tert-OH is 2. The Morgan fingerprint density at radius 1 is 1.00 bits per heavy atom. The smallest absolute Gasteiger partial charge is 0.328 e. The first-order valence-corrected chi connectivity index (χ1v) is 13.7. The van der Waals surface area contributed by atoms with Crippen LogP contribution in [0.2, 0.25) is 0 Å². The van der Waals surface area contributed by atoms with Gasteiger partial charge in [0.05, 0.1) is 19.3 Å². The van der Waals surface area contributed by atoms with Crippen LogP contribution in [0.25, 0.3) is 0 Å². The summed E-state index contributed by atoms with van der Waals surface area (Å²) in [6.45, 7) is 8.87. The summed E-state index contributed by atoms with van der Waals surface area (Å²) in [5, 5.41) is 24.4. The van der Waals surface area contributed by atoms with Crippen molar-refractivity contribution in [3.8, 4) is 0 Å². The van der Waals surface area contributed by atoms with Crippen LogP contribution in [0.1, 0.15) is 91.9 Å². The second-order valence-corrected chi connectivity index (χ2v) is 12.8. The van der Waals surface area contributed by atoms with Crippen LogP contribution in [0.5, 0.6) is 0 Å². The van der Waals surface area contributed by atoms with Crippen LogP contribution < -0.4 is 5.32 Å². The Morgan fingerprint density at radius 2 is 1.68 bits per heavy atom. The molecular formula is C28H47NO5. The number of rotatable bonds is 6. The monoisotopic (exact) mass is 477 g/mol. The summed E-state index contributed by atoms with van der Waals surface area (Å²) >= 11 is 0. The van der Waals surface area contributed by atoms with E-state index >= 15 is 0 Å². The highest BCUT2D eigenvalue weighted by Crippen LogP contribution is 2.68. The third kappa shape index (κ3) is 4.42. The zero-order valence-electron chi connectivity index (χ0n) is 21.9. The molecule has 1 amide bonds. The Labute approximate surface area is 205 Å². The fourth-order valence-electron chi connectivity index (χ4n) is 9.28. The average Bonchev–Trinajstić information content (AvgIpc) is 3.15. The summed E-state index contributed by atoms with van der Waals surface area (Å²) in [5.41, 5.74) is 0.470. The van der Waals surface area contributed by atoms with E-state index in [1.165, 1.54) is 32.8 Å². The van der Waals surface area contributed by atoms with Crippen molar-refractivity contribution in [2.24, 2.45) is 46.3 Å². The van der Waals surface area contributed by atoms with Crippen molar-refractivity contribution < 1.29 is 24.5 Å². The van der Waals surface area contributed by atoms with Crippen molar-refractivity contribution in [3.05, 3.63) is 0 Å². The van der Waals surface area contributed by atoms with E-state index in [-0.39, 0.29) is 28.9 Å². The van der Waals surface area contributed by atoms with Crippen molar-refractivity contribution in [1.29, 1.82) is 0 Å². The van der Waals surface area contributed by atoms with Crippen molar-refractivity contribution >= 4 is 11.9 Å². The van der Waals surface area contributed by atoms with E-state index in [2.05, 4.69) is 26.1 Å². The maximum absolute atomic E-state index is 12.4. The Hall–Kier alpha value is -1.14. The molecule has 0 heterocycles. The molecule has 194 valence electrons. The fraction of sp³-hybridized carbons (Fsp3) is 0.929. The number of esters is 1. The Balaban J connectivity index is 1.41. The number of methoxy groups -OCH3 is 1. The maximum atomic E-state index is 12.4. The van der Waals surface area contributed by atoms with Gasteiger partial charge < -0.3 is 20.3 Å². The summed E-state index contributed by atoms with van der Waals surface area (Å²) < 4.78 is 4.70. The molecule has 0 bridgehead atoms. The first-order valence-electron chi connectivity index (χ1n) is 13.7. The molecule has 4 fully saturated rings. The second-order valence-electron chi connectivity index (χ2n) is 12.8. The molecule has 4 aliphatic carbocycles. The largest absolute Gasteiger partial charge is 0.467 e. The van der Waals surface area contributed by atoms with E-state index in [1.54, 1.807) is 6.92 Å². The van der Waals surface area contributed by atoms with Gasteiger partial charge in [0.1, 0.15) is 6.04 Å². The first kappa shape index (κ1) is 25.9. The van der Waals surface area contributed by atoms with Crippen LogP contribution in [-0.2, 0) is 14.3 Å². The minimum absolute atomic E-state index is 0.0886. The molecule has 0 aromatic rings. The molecule has 6 heteroatoms. The molecule has 4 saturated carbocycles.